The van der Waals surface area contributed by atoms with Crippen molar-refractivity contribution in [2.45, 2.75) is 11.3 Å². The lowest BCUT2D eigenvalue weighted by molar-refractivity contribution is 0.344. The van der Waals surface area contributed by atoms with Crippen LogP contribution in [0.25, 0.3) is 0 Å². The molecule has 0 N–H and O–H groups in total. The van der Waals surface area contributed by atoms with E-state index < -0.39 is 0 Å². The molecule has 0 radical (unpaired) electrons. The summed E-state index contributed by atoms with van der Waals surface area (Å²) in [5.74, 6) is 1.71. The Morgan fingerprint density at radius 2 is 1.75 bits per heavy atom. The number of hydrogen-bond acceptors (Lipinski definition) is 3. The third-order valence-corrected chi connectivity index (χ3v) is 3.87. The maximum absolute atomic E-state index is 8.60. The van der Waals surface area contributed by atoms with E-state index in [2.05, 4.69) is 6.07 Å². The first kappa shape index (κ1) is 14.8. The normalized spacial score (nSPS) is 10.0. The number of ether oxygens (including phenoxy) is 1. The van der Waals surface area contributed by atoms with Crippen molar-refractivity contribution in [2.24, 2.45) is 0 Å². The second-order valence-electron chi connectivity index (χ2n) is 4.13. The molecule has 0 amide bonds. The zero-order valence-electron chi connectivity index (χ0n) is 10.9. The minimum atomic E-state index is 0.437. The van der Waals surface area contributed by atoms with Crippen LogP contribution in [0.3, 0.4) is 0 Å². The number of nitrogens with zero attached hydrogens (tertiary/aromatic N) is 1. The Morgan fingerprint density at radius 3 is 2.40 bits per heavy atom. The van der Waals surface area contributed by atoms with Gasteiger partial charge in [-0.3, -0.25) is 0 Å². The lowest BCUT2D eigenvalue weighted by Crippen LogP contribution is -2.00. The summed E-state index contributed by atoms with van der Waals surface area (Å²) >= 11 is 7.57. The molecule has 102 valence electrons. The fraction of sp³-hybridized carbons (Fsp3) is 0.188. The van der Waals surface area contributed by atoms with Gasteiger partial charge in [-0.2, -0.15) is 5.26 Å². The van der Waals surface area contributed by atoms with Crippen LogP contribution < -0.4 is 4.74 Å². The maximum Gasteiger partial charge on any atom is 0.119 e. The fourth-order valence-electron chi connectivity index (χ4n) is 1.64. The van der Waals surface area contributed by atoms with E-state index in [0.717, 1.165) is 22.1 Å². The molecule has 0 fully saturated rings. The smallest absolute Gasteiger partial charge is 0.119 e. The van der Waals surface area contributed by atoms with E-state index in [4.69, 9.17) is 21.6 Å². The van der Waals surface area contributed by atoms with Crippen LogP contribution in [-0.2, 0) is 6.42 Å². The van der Waals surface area contributed by atoms with Crippen LogP contribution in [0.1, 0.15) is 5.56 Å². The molecular weight excluding hydrogens is 290 g/mol. The van der Waals surface area contributed by atoms with Gasteiger partial charge >= 0.3 is 0 Å². The summed E-state index contributed by atoms with van der Waals surface area (Å²) < 4.78 is 5.65. The van der Waals surface area contributed by atoms with Gasteiger partial charge in [-0.15, -0.1) is 11.8 Å². The van der Waals surface area contributed by atoms with E-state index >= 15 is 0 Å². The largest absolute Gasteiger partial charge is 0.493 e. The van der Waals surface area contributed by atoms with Gasteiger partial charge in [0.1, 0.15) is 5.75 Å². The van der Waals surface area contributed by atoms with Gasteiger partial charge in [0.25, 0.3) is 0 Å². The highest BCUT2D eigenvalue weighted by Crippen LogP contribution is 2.20. The Morgan fingerprint density at radius 1 is 1.05 bits per heavy atom. The number of rotatable bonds is 6. The number of nitriles is 1. The predicted octanol–water partition coefficient (Wildman–Crippen LogP) is 4.58. The van der Waals surface area contributed by atoms with E-state index in [0.29, 0.717) is 13.0 Å². The number of hydrogen-bond donors (Lipinski definition) is 0. The second-order valence-corrected chi connectivity index (χ2v) is 5.73. The predicted molar refractivity (Wildman–Crippen MR) is 83.4 cm³/mol. The van der Waals surface area contributed by atoms with Crippen LogP contribution in [0.15, 0.2) is 53.4 Å². The highest BCUT2D eigenvalue weighted by Gasteiger charge is 1.97. The number of benzene rings is 2. The molecule has 2 rings (SSSR count). The molecule has 0 saturated heterocycles. The lowest BCUT2D eigenvalue weighted by atomic mass is 10.2. The number of thioether (sulfide) groups is 1. The molecule has 0 unspecified atom stereocenters. The summed E-state index contributed by atoms with van der Waals surface area (Å²) in [6.07, 6.45) is 0.437. The van der Waals surface area contributed by atoms with Crippen molar-refractivity contribution in [3.63, 3.8) is 0 Å². The van der Waals surface area contributed by atoms with E-state index in [1.807, 2.05) is 48.5 Å². The van der Waals surface area contributed by atoms with Gasteiger partial charge in [-0.25, -0.2) is 0 Å². The quantitative estimate of drug-likeness (QED) is 0.578. The van der Waals surface area contributed by atoms with Crippen LogP contribution in [0.2, 0.25) is 5.02 Å². The first-order valence-electron chi connectivity index (χ1n) is 6.25. The van der Waals surface area contributed by atoms with Crippen LogP contribution in [0.4, 0.5) is 0 Å². The zero-order chi connectivity index (χ0) is 14.2. The van der Waals surface area contributed by atoms with Crippen molar-refractivity contribution in [3.8, 4) is 11.8 Å². The summed E-state index contributed by atoms with van der Waals surface area (Å²) in [6, 6.07) is 17.6. The maximum atomic E-state index is 8.60. The minimum Gasteiger partial charge on any atom is -0.493 e. The van der Waals surface area contributed by atoms with Crippen LogP contribution >= 0.6 is 23.4 Å². The van der Waals surface area contributed by atoms with Gasteiger partial charge in [0.2, 0.25) is 0 Å². The molecule has 2 aromatic rings. The van der Waals surface area contributed by atoms with E-state index in [-0.39, 0.29) is 0 Å². The van der Waals surface area contributed by atoms with Gasteiger partial charge in [0.05, 0.1) is 19.1 Å². The average molecular weight is 304 g/mol. The van der Waals surface area contributed by atoms with Crippen molar-refractivity contribution < 1.29 is 4.74 Å². The van der Waals surface area contributed by atoms with Crippen LogP contribution in [0.5, 0.6) is 5.75 Å². The highest BCUT2D eigenvalue weighted by molar-refractivity contribution is 7.99. The Labute approximate surface area is 128 Å². The van der Waals surface area contributed by atoms with Crippen LogP contribution in [-0.4, -0.2) is 12.4 Å². The highest BCUT2D eigenvalue weighted by atomic mass is 35.5. The molecule has 0 aliphatic carbocycles. The summed E-state index contributed by atoms with van der Waals surface area (Å²) in [6.45, 7) is 0.644. The molecule has 0 saturated carbocycles. The van der Waals surface area contributed by atoms with Gasteiger partial charge in [-0.1, -0.05) is 23.7 Å². The van der Waals surface area contributed by atoms with E-state index in [1.165, 1.54) is 4.90 Å². The minimum absolute atomic E-state index is 0.437. The van der Waals surface area contributed by atoms with Gasteiger partial charge in [0, 0.05) is 15.7 Å². The molecule has 4 heteroatoms. The summed E-state index contributed by atoms with van der Waals surface area (Å²) in [5, 5.41) is 9.35. The van der Waals surface area contributed by atoms with Gasteiger partial charge in [0.15, 0.2) is 0 Å². The molecule has 0 aliphatic heterocycles. The standard InChI is InChI=1S/C16H14ClNOS/c17-14-3-7-16(8-4-14)20-12-11-19-15-5-1-13(2-6-15)9-10-18/h1-8H,9,11-12H2. The Hall–Kier alpha value is -1.63. The second kappa shape index (κ2) is 7.84. The molecule has 0 atom stereocenters. The SMILES string of the molecule is N#CCc1ccc(OCCSc2ccc(Cl)cc2)cc1. The Balaban J connectivity index is 1.73. The van der Waals surface area contributed by atoms with Crippen molar-refractivity contribution in [1.29, 1.82) is 5.26 Å². The third-order valence-electron chi connectivity index (χ3n) is 2.64. The summed E-state index contributed by atoms with van der Waals surface area (Å²) in [5.41, 5.74) is 1.01. The monoisotopic (exact) mass is 303 g/mol. The van der Waals surface area contributed by atoms with Crippen molar-refractivity contribution in [1.82, 2.24) is 0 Å². The summed E-state index contributed by atoms with van der Waals surface area (Å²) in [7, 11) is 0. The fourth-order valence-corrected chi connectivity index (χ4v) is 2.50. The zero-order valence-corrected chi connectivity index (χ0v) is 12.5. The topological polar surface area (TPSA) is 33.0 Å². The molecule has 0 aromatic heterocycles. The first-order chi connectivity index (χ1) is 9.78. The van der Waals surface area contributed by atoms with Gasteiger partial charge in [-0.05, 0) is 42.0 Å². The van der Waals surface area contributed by atoms with Gasteiger partial charge < -0.3 is 4.74 Å². The molecule has 2 nitrogen and oxygen atoms in total. The Bertz CT molecular complexity index is 575. The molecule has 0 heterocycles. The van der Waals surface area contributed by atoms with Crippen molar-refractivity contribution >= 4 is 23.4 Å². The van der Waals surface area contributed by atoms with Crippen molar-refractivity contribution in [3.05, 3.63) is 59.1 Å². The molecule has 20 heavy (non-hydrogen) atoms. The third kappa shape index (κ3) is 4.80. The van der Waals surface area contributed by atoms with Crippen LogP contribution in [0, 0.1) is 11.3 Å². The molecule has 2 aromatic carbocycles. The average Bonchev–Trinajstić information content (AvgIpc) is 2.47. The van der Waals surface area contributed by atoms with Crippen molar-refractivity contribution in [2.75, 3.05) is 12.4 Å². The molecule has 0 spiro atoms. The molecule has 0 aliphatic rings. The molecule has 0 bridgehead atoms. The van der Waals surface area contributed by atoms with E-state index in [9.17, 15) is 0 Å². The van der Waals surface area contributed by atoms with E-state index in [1.54, 1.807) is 11.8 Å². The first-order valence-corrected chi connectivity index (χ1v) is 7.61. The molecular formula is C16H14ClNOS. The number of halogens is 1. The summed E-state index contributed by atoms with van der Waals surface area (Å²) in [4.78, 5) is 1.18. The lowest BCUT2D eigenvalue weighted by Gasteiger charge is -2.06. The Kier molecular flexibility index (Phi) is 5.79.